The van der Waals surface area contributed by atoms with Crippen molar-refractivity contribution in [3.05, 3.63) is 0 Å². The summed E-state index contributed by atoms with van der Waals surface area (Å²) in [4.78, 5) is 0. The third-order valence-corrected chi connectivity index (χ3v) is 7.71. The third-order valence-electron chi connectivity index (χ3n) is 7.71. The van der Waals surface area contributed by atoms with Crippen LogP contribution in [0.5, 0.6) is 0 Å². The highest BCUT2D eigenvalue weighted by Gasteiger charge is 2.44. The van der Waals surface area contributed by atoms with Crippen LogP contribution in [0.1, 0.15) is 101 Å². The maximum atomic E-state index is 10.6. The van der Waals surface area contributed by atoms with E-state index in [1.54, 1.807) is 0 Å². The van der Waals surface area contributed by atoms with Crippen molar-refractivity contribution in [1.29, 1.82) is 0 Å². The van der Waals surface area contributed by atoms with Gasteiger partial charge in [0, 0.05) is 0 Å². The molecule has 2 aliphatic carbocycles. The Labute approximate surface area is 170 Å². The Morgan fingerprint density at radius 2 is 0.926 bits per heavy atom. The van der Waals surface area contributed by atoms with Gasteiger partial charge in [0.2, 0.25) is 0 Å². The quantitative estimate of drug-likeness (QED) is 0.569. The molecule has 0 aromatic rings. The summed E-state index contributed by atoms with van der Waals surface area (Å²) in [5.41, 5.74) is 0.361. The van der Waals surface area contributed by atoms with Gasteiger partial charge in [0.15, 0.2) is 0 Å². The molecule has 0 heterocycles. The van der Waals surface area contributed by atoms with Crippen LogP contribution in [-0.4, -0.2) is 22.4 Å². The monoisotopic (exact) mass is 382 g/mol. The predicted octanol–water partition coefficient (Wildman–Crippen LogP) is 6.54. The molecule has 2 rings (SSSR count). The number of hydrogen-bond acceptors (Lipinski definition) is 2. The van der Waals surface area contributed by atoms with Gasteiger partial charge in [-0.25, -0.2) is 0 Å². The summed E-state index contributed by atoms with van der Waals surface area (Å²) in [6, 6.07) is 0. The van der Waals surface area contributed by atoms with E-state index < -0.39 is 0 Å². The van der Waals surface area contributed by atoms with Crippen molar-refractivity contribution in [2.45, 2.75) is 114 Å². The lowest BCUT2D eigenvalue weighted by Crippen LogP contribution is -2.44. The lowest BCUT2D eigenvalue weighted by molar-refractivity contribution is -0.0568. The molecule has 0 saturated heterocycles. The summed E-state index contributed by atoms with van der Waals surface area (Å²) < 4.78 is 0. The summed E-state index contributed by atoms with van der Waals surface area (Å²) in [7, 11) is 0. The fraction of sp³-hybridized carbons (Fsp3) is 1.00. The molecule has 8 atom stereocenters. The molecule has 0 aliphatic heterocycles. The minimum absolute atomic E-state index is 0.140. The molecular formula is C25H50O2. The molecule has 2 N–H and O–H groups in total. The second kappa shape index (κ2) is 9.61. The maximum Gasteiger partial charge on any atom is 0.0576 e. The van der Waals surface area contributed by atoms with Crippen molar-refractivity contribution in [3.63, 3.8) is 0 Å². The second-order valence-corrected chi connectivity index (χ2v) is 11.7. The van der Waals surface area contributed by atoms with Crippen LogP contribution in [0.2, 0.25) is 0 Å². The molecule has 0 radical (unpaired) electrons. The van der Waals surface area contributed by atoms with E-state index in [1.165, 1.54) is 6.42 Å². The van der Waals surface area contributed by atoms with Gasteiger partial charge < -0.3 is 10.2 Å². The summed E-state index contributed by atoms with van der Waals surface area (Å²) in [6.07, 6.45) is 5.24. The zero-order chi connectivity index (χ0) is 21.2. The van der Waals surface area contributed by atoms with Crippen molar-refractivity contribution >= 4 is 0 Å². The first-order chi connectivity index (χ1) is 12.3. The highest BCUT2D eigenvalue weighted by atomic mass is 16.3. The van der Waals surface area contributed by atoms with E-state index in [-0.39, 0.29) is 23.0 Å². The topological polar surface area (TPSA) is 40.5 Å². The van der Waals surface area contributed by atoms with Crippen LogP contribution < -0.4 is 0 Å². The lowest BCUT2D eigenvalue weighted by Gasteiger charge is -2.48. The average Bonchev–Trinajstić information content (AvgIpc) is 2.51. The molecule has 2 nitrogen and oxygen atoms in total. The first kappa shape index (κ1) is 25.0. The van der Waals surface area contributed by atoms with E-state index in [0.717, 1.165) is 37.5 Å². The van der Waals surface area contributed by atoms with Crippen LogP contribution in [0.15, 0.2) is 0 Å². The first-order valence-electron chi connectivity index (χ1n) is 11.7. The number of aliphatic hydroxyl groups excluding tert-OH is 2. The normalized spacial score (nSPS) is 40.9. The fourth-order valence-electron chi connectivity index (χ4n) is 5.81. The van der Waals surface area contributed by atoms with Gasteiger partial charge in [-0.15, -0.1) is 0 Å². The maximum absolute atomic E-state index is 10.6. The van der Waals surface area contributed by atoms with Gasteiger partial charge in [-0.05, 0) is 78.4 Å². The number of hydrogen-bond donors (Lipinski definition) is 2. The van der Waals surface area contributed by atoms with Gasteiger partial charge in [0.25, 0.3) is 0 Å². The Kier molecular flexibility index (Phi) is 8.89. The van der Waals surface area contributed by atoms with E-state index >= 15 is 0 Å². The van der Waals surface area contributed by atoms with Gasteiger partial charge in [0.05, 0.1) is 12.2 Å². The van der Waals surface area contributed by atoms with Gasteiger partial charge in [-0.2, -0.15) is 0 Å². The molecule has 0 spiro atoms. The summed E-state index contributed by atoms with van der Waals surface area (Å²) >= 11 is 0. The van der Waals surface area contributed by atoms with Crippen molar-refractivity contribution in [1.82, 2.24) is 0 Å². The van der Waals surface area contributed by atoms with Crippen LogP contribution in [0.25, 0.3) is 0 Å². The third kappa shape index (κ3) is 6.46. The zero-order valence-corrected chi connectivity index (χ0v) is 20.0. The van der Waals surface area contributed by atoms with E-state index in [1.807, 2.05) is 13.8 Å². The van der Waals surface area contributed by atoms with E-state index in [9.17, 15) is 10.2 Å². The van der Waals surface area contributed by atoms with Crippen molar-refractivity contribution < 1.29 is 10.2 Å². The van der Waals surface area contributed by atoms with E-state index in [0.29, 0.717) is 23.7 Å². The van der Waals surface area contributed by atoms with Crippen LogP contribution in [0, 0.1) is 46.3 Å². The fourth-order valence-corrected chi connectivity index (χ4v) is 5.81. The van der Waals surface area contributed by atoms with Crippen LogP contribution in [0.3, 0.4) is 0 Å². The van der Waals surface area contributed by atoms with E-state index in [4.69, 9.17) is 0 Å². The first-order valence-corrected chi connectivity index (χ1v) is 11.7. The molecule has 27 heavy (non-hydrogen) atoms. The smallest absolute Gasteiger partial charge is 0.0576 e. The molecule has 2 aliphatic rings. The standard InChI is InChI=1S/C23H44O2.C2H6/c1-14-9-20(24)18(22(3,4)5)12-16(14)11-17-13-19(23(6,7)8)21(25)10-15(17)2;1-2/h14-21,24-25H,9-13H2,1-8H3;1-2H3. The molecule has 0 aromatic heterocycles. The van der Waals surface area contributed by atoms with Gasteiger partial charge in [0.1, 0.15) is 0 Å². The van der Waals surface area contributed by atoms with Crippen molar-refractivity contribution in [2.24, 2.45) is 46.3 Å². The molecule has 8 unspecified atom stereocenters. The SMILES string of the molecule is CC.CC1CC(O)C(C(C)(C)C)CC1CC1CC(C(C)(C)C)C(O)CC1C. The average molecular weight is 383 g/mol. The molecule has 162 valence electrons. The molecule has 2 fully saturated rings. The predicted molar refractivity (Wildman–Crippen MR) is 118 cm³/mol. The second-order valence-electron chi connectivity index (χ2n) is 11.7. The lowest BCUT2D eigenvalue weighted by atomic mass is 9.59. The molecule has 2 heteroatoms. The zero-order valence-electron chi connectivity index (χ0n) is 20.0. The van der Waals surface area contributed by atoms with Crippen LogP contribution >= 0.6 is 0 Å². The van der Waals surface area contributed by atoms with Gasteiger partial charge >= 0.3 is 0 Å². The number of rotatable bonds is 2. The summed E-state index contributed by atoms with van der Waals surface area (Å²) in [5.74, 6) is 3.49. The molecular weight excluding hydrogens is 332 g/mol. The van der Waals surface area contributed by atoms with Gasteiger partial charge in [-0.3, -0.25) is 0 Å². The largest absolute Gasteiger partial charge is 0.393 e. The van der Waals surface area contributed by atoms with E-state index in [2.05, 4.69) is 55.4 Å². The van der Waals surface area contributed by atoms with Crippen LogP contribution in [-0.2, 0) is 0 Å². The van der Waals surface area contributed by atoms with Gasteiger partial charge in [-0.1, -0.05) is 69.2 Å². The minimum Gasteiger partial charge on any atom is -0.393 e. The van der Waals surface area contributed by atoms with Crippen LogP contribution in [0.4, 0.5) is 0 Å². The molecule has 2 saturated carbocycles. The highest BCUT2D eigenvalue weighted by molar-refractivity contribution is 4.94. The Bertz CT molecular complexity index is 391. The van der Waals surface area contributed by atoms with Crippen molar-refractivity contribution in [2.75, 3.05) is 0 Å². The number of aliphatic hydroxyl groups is 2. The minimum atomic E-state index is -0.140. The van der Waals surface area contributed by atoms with Crippen molar-refractivity contribution in [3.8, 4) is 0 Å². The molecule has 0 amide bonds. The molecule has 0 bridgehead atoms. The summed E-state index contributed by atoms with van der Waals surface area (Å²) in [6.45, 7) is 22.4. The highest BCUT2D eigenvalue weighted by Crippen LogP contribution is 2.49. The Morgan fingerprint density at radius 1 is 0.630 bits per heavy atom. The molecule has 0 aromatic carbocycles. The Balaban J connectivity index is 0.00000176. The Hall–Kier alpha value is -0.0800. The summed E-state index contributed by atoms with van der Waals surface area (Å²) in [5, 5.41) is 21.2. The Morgan fingerprint density at radius 3 is 1.19 bits per heavy atom.